The number of amides is 3. The molecule has 18 heavy (non-hydrogen) atoms. The van der Waals surface area contributed by atoms with Crippen LogP contribution in [0.25, 0.3) is 0 Å². The summed E-state index contributed by atoms with van der Waals surface area (Å²) in [5.74, 6) is -0.246. The Morgan fingerprint density at radius 3 is 2.50 bits per heavy atom. The molecule has 0 atom stereocenters. The molecule has 0 aliphatic heterocycles. The molecule has 0 saturated heterocycles. The summed E-state index contributed by atoms with van der Waals surface area (Å²) in [5.41, 5.74) is 7.97. The van der Waals surface area contributed by atoms with Crippen molar-refractivity contribution in [2.45, 2.75) is 13.3 Å². The lowest BCUT2D eigenvalue weighted by molar-refractivity contribution is -0.115. The highest BCUT2D eigenvalue weighted by Crippen LogP contribution is 2.13. The van der Waals surface area contributed by atoms with E-state index in [9.17, 15) is 9.59 Å². The van der Waals surface area contributed by atoms with E-state index >= 15 is 0 Å². The number of hydrogen-bond donors (Lipinski definition) is 3. The molecule has 96 valence electrons. The zero-order valence-electron chi connectivity index (χ0n) is 9.74. The molecule has 1 aromatic carbocycles. The van der Waals surface area contributed by atoms with Crippen LogP contribution in [0, 0.1) is 0 Å². The molecule has 0 unspecified atom stereocenters. The van der Waals surface area contributed by atoms with E-state index < -0.39 is 6.03 Å². The van der Waals surface area contributed by atoms with Crippen LogP contribution in [0.2, 0.25) is 5.02 Å². The fourth-order valence-corrected chi connectivity index (χ4v) is 1.29. The second kappa shape index (κ2) is 6.61. The average molecular weight is 269 g/mol. The van der Waals surface area contributed by atoms with Crippen LogP contribution in [0.15, 0.2) is 29.4 Å². The van der Waals surface area contributed by atoms with Gasteiger partial charge in [0.25, 0.3) is 0 Å². The largest absolute Gasteiger partial charge is 0.350 e. The number of urea groups is 1. The lowest BCUT2D eigenvalue weighted by atomic mass is 10.2. The monoisotopic (exact) mass is 268 g/mol. The number of rotatable bonds is 4. The number of carbonyl (C=O) groups is 2. The van der Waals surface area contributed by atoms with Crippen molar-refractivity contribution in [1.82, 2.24) is 5.43 Å². The number of nitrogens with two attached hydrogens (primary N) is 1. The summed E-state index contributed by atoms with van der Waals surface area (Å²) in [4.78, 5) is 22.0. The number of nitrogens with zero attached hydrogens (tertiary/aromatic N) is 1. The first-order valence-electron chi connectivity index (χ1n) is 5.11. The maximum absolute atomic E-state index is 11.6. The van der Waals surface area contributed by atoms with Gasteiger partial charge in [0.15, 0.2) is 0 Å². The minimum atomic E-state index is -0.771. The number of benzene rings is 1. The normalized spacial score (nSPS) is 10.9. The lowest BCUT2D eigenvalue weighted by Crippen LogP contribution is -2.26. The van der Waals surface area contributed by atoms with Crippen molar-refractivity contribution in [3.63, 3.8) is 0 Å². The number of anilines is 1. The number of halogens is 1. The third-order valence-corrected chi connectivity index (χ3v) is 2.15. The maximum Gasteiger partial charge on any atom is 0.332 e. The Morgan fingerprint density at radius 1 is 1.33 bits per heavy atom. The summed E-state index contributed by atoms with van der Waals surface area (Å²) in [6.07, 6.45) is 0.0584. The van der Waals surface area contributed by atoms with Gasteiger partial charge < -0.3 is 11.1 Å². The first-order chi connectivity index (χ1) is 8.47. The van der Waals surface area contributed by atoms with Gasteiger partial charge in [-0.2, -0.15) is 5.10 Å². The molecule has 6 nitrogen and oxygen atoms in total. The van der Waals surface area contributed by atoms with Crippen LogP contribution in [0.5, 0.6) is 0 Å². The van der Waals surface area contributed by atoms with Crippen LogP contribution < -0.4 is 16.5 Å². The molecule has 1 aromatic rings. The molecule has 0 radical (unpaired) electrons. The van der Waals surface area contributed by atoms with Gasteiger partial charge in [0.1, 0.15) is 0 Å². The fraction of sp³-hybridized carbons (Fsp3) is 0.182. The highest BCUT2D eigenvalue weighted by molar-refractivity contribution is 6.30. The van der Waals surface area contributed by atoms with Crippen molar-refractivity contribution < 1.29 is 9.59 Å². The number of primary amides is 1. The minimum Gasteiger partial charge on any atom is -0.350 e. The Bertz CT molecular complexity index is 470. The van der Waals surface area contributed by atoms with Gasteiger partial charge >= 0.3 is 6.03 Å². The second-order valence-electron chi connectivity index (χ2n) is 3.55. The summed E-state index contributed by atoms with van der Waals surface area (Å²) in [6.45, 7) is 1.61. The molecule has 0 aliphatic rings. The topological polar surface area (TPSA) is 96.6 Å². The van der Waals surface area contributed by atoms with E-state index in [1.807, 2.05) is 0 Å². The molecular weight excluding hydrogens is 256 g/mol. The van der Waals surface area contributed by atoms with E-state index in [-0.39, 0.29) is 12.3 Å². The van der Waals surface area contributed by atoms with Crippen LogP contribution in [0.4, 0.5) is 10.5 Å². The Hall–Kier alpha value is -2.08. The summed E-state index contributed by atoms with van der Waals surface area (Å²) in [6, 6.07) is 5.95. The fourth-order valence-electron chi connectivity index (χ4n) is 1.16. The van der Waals surface area contributed by atoms with Gasteiger partial charge in [-0.15, -0.1) is 0 Å². The summed E-state index contributed by atoms with van der Waals surface area (Å²) in [5, 5.41) is 6.89. The molecule has 0 saturated carbocycles. The molecule has 0 bridgehead atoms. The van der Waals surface area contributed by atoms with Crippen LogP contribution in [0.3, 0.4) is 0 Å². The molecule has 0 heterocycles. The van der Waals surface area contributed by atoms with Crippen molar-refractivity contribution >= 4 is 34.9 Å². The zero-order valence-corrected chi connectivity index (χ0v) is 10.5. The molecule has 4 N–H and O–H groups in total. The van der Waals surface area contributed by atoms with Gasteiger partial charge in [0, 0.05) is 16.4 Å². The van der Waals surface area contributed by atoms with Gasteiger partial charge in [-0.3, -0.25) is 4.79 Å². The van der Waals surface area contributed by atoms with E-state index in [1.165, 1.54) is 0 Å². The van der Waals surface area contributed by atoms with Crippen molar-refractivity contribution in [1.29, 1.82) is 0 Å². The van der Waals surface area contributed by atoms with Crippen LogP contribution in [0.1, 0.15) is 13.3 Å². The molecular formula is C11H13ClN4O2. The molecule has 1 rings (SSSR count). The predicted octanol–water partition coefficient (Wildman–Crippen LogP) is 1.71. The van der Waals surface area contributed by atoms with Crippen LogP contribution in [-0.2, 0) is 4.79 Å². The first-order valence-corrected chi connectivity index (χ1v) is 5.49. The van der Waals surface area contributed by atoms with Gasteiger partial charge in [-0.05, 0) is 31.2 Å². The summed E-state index contributed by atoms with van der Waals surface area (Å²) in [7, 11) is 0. The average Bonchev–Trinajstić information content (AvgIpc) is 2.29. The smallest absolute Gasteiger partial charge is 0.332 e. The third kappa shape index (κ3) is 5.31. The maximum atomic E-state index is 11.6. The molecule has 7 heteroatoms. The van der Waals surface area contributed by atoms with E-state index in [2.05, 4.69) is 15.8 Å². The summed E-state index contributed by atoms with van der Waals surface area (Å²) < 4.78 is 0. The van der Waals surface area contributed by atoms with Gasteiger partial charge in [0.05, 0.1) is 6.42 Å². The van der Waals surface area contributed by atoms with E-state index in [1.54, 1.807) is 31.2 Å². The molecule has 0 fully saturated rings. The zero-order chi connectivity index (χ0) is 13.5. The quantitative estimate of drug-likeness (QED) is 0.572. The van der Waals surface area contributed by atoms with E-state index in [4.69, 9.17) is 17.3 Å². The number of carbonyl (C=O) groups excluding carboxylic acids is 2. The standard InChI is InChI=1S/C11H13ClN4O2/c1-7(15-16-11(13)18)6-10(17)14-9-4-2-8(12)3-5-9/h2-5H,6H2,1H3,(H,14,17)(H3,13,16,18). The molecule has 0 spiro atoms. The molecule has 0 aromatic heterocycles. The third-order valence-electron chi connectivity index (χ3n) is 1.90. The first kappa shape index (κ1) is 14.0. The van der Waals surface area contributed by atoms with Crippen LogP contribution in [-0.4, -0.2) is 17.6 Å². The van der Waals surface area contributed by atoms with Gasteiger partial charge in [-0.1, -0.05) is 11.6 Å². The highest BCUT2D eigenvalue weighted by atomic mass is 35.5. The van der Waals surface area contributed by atoms with Gasteiger partial charge in [-0.25, -0.2) is 10.2 Å². The SMILES string of the molecule is CC(CC(=O)Nc1ccc(Cl)cc1)=NNC(N)=O. The Morgan fingerprint density at radius 2 is 1.94 bits per heavy atom. The van der Waals surface area contributed by atoms with Gasteiger partial charge in [0.2, 0.25) is 5.91 Å². The van der Waals surface area contributed by atoms with Crippen molar-refractivity contribution in [2.24, 2.45) is 10.8 Å². The van der Waals surface area contributed by atoms with E-state index in [0.29, 0.717) is 16.4 Å². The molecule has 3 amide bonds. The Balaban J connectivity index is 2.49. The Labute approximate surface area is 109 Å². The Kier molecular flexibility index (Phi) is 5.13. The highest BCUT2D eigenvalue weighted by Gasteiger charge is 2.04. The minimum absolute atomic E-state index is 0.0584. The predicted molar refractivity (Wildman–Crippen MR) is 70.5 cm³/mol. The van der Waals surface area contributed by atoms with Crippen molar-refractivity contribution in [3.05, 3.63) is 29.3 Å². The van der Waals surface area contributed by atoms with E-state index in [0.717, 1.165) is 0 Å². The molecule has 0 aliphatic carbocycles. The van der Waals surface area contributed by atoms with Crippen LogP contribution >= 0.6 is 11.6 Å². The summed E-state index contributed by atoms with van der Waals surface area (Å²) >= 11 is 5.72. The lowest BCUT2D eigenvalue weighted by Gasteiger charge is -2.05. The van der Waals surface area contributed by atoms with Crippen molar-refractivity contribution in [3.8, 4) is 0 Å². The number of hydrazone groups is 1. The van der Waals surface area contributed by atoms with Crippen molar-refractivity contribution in [2.75, 3.05) is 5.32 Å². The number of hydrogen-bond acceptors (Lipinski definition) is 3. The number of nitrogens with one attached hydrogen (secondary N) is 2. The second-order valence-corrected chi connectivity index (χ2v) is 3.99.